The van der Waals surface area contributed by atoms with Gasteiger partial charge in [0.2, 0.25) is 0 Å². The summed E-state index contributed by atoms with van der Waals surface area (Å²) in [5.74, 6) is 0.853. The second kappa shape index (κ2) is 6.88. The zero-order chi connectivity index (χ0) is 12.6. The molecule has 6 nitrogen and oxygen atoms in total. The lowest BCUT2D eigenvalue weighted by atomic mass is 10.1. The van der Waals surface area contributed by atoms with Gasteiger partial charge in [-0.15, -0.1) is 5.10 Å². The second-order valence-corrected chi connectivity index (χ2v) is 4.44. The van der Waals surface area contributed by atoms with Gasteiger partial charge in [-0.05, 0) is 16.8 Å². The molecular weight excluding hydrogens is 228 g/mol. The molecular formula is C12H20N6. The van der Waals surface area contributed by atoms with Crippen LogP contribution in [0.4, 0.5) is 5.82 Å². The fraction of sp³-hybridized carbons (Fsp3) is 0.667. The molecule has 2 aromatic rings. The summed E-state index contributed by atoms with van der Waals surface area (Å²) in [6, 6.07) is 0. The third-order valence-corrected chi connectivity index (χ3v) is 2.95. The fourth-order valence-corrected chi connectivity index (χ4v) is 1.92. The number of fused-ring (bicyclic) bond motifs is 1. The lowest BCUT2D eigenvalue weighted by Gasteiger charge is -2.06. The topological polar surface area (TPSA) is 68.0 Å². The van der Waals surface area contributed by atoms with E-state index in [9.17, 15) is 0 Å². The van der Waals surface area contributed by atoms with E-state index in [2.05, 4.69) is 32.7 Å². The number of rotatable bonds is 8. The molecule has 0 aliphatic rings. The molecule has 0 saturated carbocycles. The van der Waals surface area contributed by atoms with E-state index in [0.717, 1.165) is 12.4 Å². The number of hydrogen-bond acceptors (Lipinski definition) is 5. The van der Waals surface area contributed by atoms with Crippen LogP contribution >= 0.6 is 0 Å². The lowest BCUT2D eigenvalue weighted by molar-refractivity contribution is 0.616. The summed E-state index contributed by atoms with van der Waals surface area (Å²) in [7, 11) is 0. The third-order valence-electron chi connectivity index (χ3n) is 2.95. The van der Waals surface area contributed by atoms with Gasteiger partial charge in [0, 0.05) is 6.54 Å². The average molecular weight is 248 g/mol. The lowest BCUT2D eigenvalue weighted by Crippen LogP contribution is -2.07. The van der Waals surface area contributed by atoms with Crippen molar-refractivity contribution in [3.63, 3.8) is 0 Å². The van der Waals surface area contributed by atoms with Gasteiger partial charge >= 0.3 is 0 Å². The first-order valence-corrected chi connectivity index (χ1v) is 6.68. The van der Waals surface area contributed by atoms with Crippen LogP contribution in [0.25, 0.3) is 5.65 Å². The van der Waals surface area contributed by atoms with Gasteiger partial charge in [0.25, 0.3) is 0 Å². The molecule has 0 spiro atoms. The quantitative estimate of drug-likeness (QED) is 0.726. The molecule has 6 heteroatoms. The van der Waals surface area contributed by atoms with E-state index in [-0.39, 0.29) is 0 Å². The van der Waals surface area contributed by atoms with Gasteiger partial charge < -0.3 is 5.32 Å². The molecule has 0 bridgehead atoms. The minimum absolute atomic E-state index is 0.669. The highest BCUT2D eigenvalue weighted by Gasteiger charge is 2.02. The van der Waals surface area contributed by atoms with Gasteiger partial charge in [-0.25, -0.2) is 0 Å². The Bertz CT molecular complexity index is 466. The van der Waals surface area contributed by atoms with Crippen molar-refractivity contribution in [2.75, 3.05) is 11.9 Å². The standard InChI is InChI=1S/C12H20N6/c1-2-3-4-5-6-7-8-14-11-9-13-10-12-15-16-17-18(11)12/h9-10,14H,2-8H2,1H3. The number of hydrogen-bond donors (Lipinski definition) is 1. The first-order chi connectivity index (χ1) is 8.92. The third kappa shape index (κ3) is 3.38. The maximum atomic E-state index is 4.10. The number of nitrogens with one attached hydrogen (secondary N) is 1. The number of tetrazole rings is 1. The Labute approximate surface area is 107 Å². The van der Waals surface area contributed by atoms with Crippen molar-refractivity contribution in [2.24, 2.45) is 0 Å². The highest BCUT2D eigenvalue weighted by Crippen LogP contribution is 2.08. The second-order valence-electron chi connectivity index (χ2n) is 4.44. The summed E-state index contributed by atoms with van der Waals surface area (Å²) < 4.78 is 1.67. The van der Waals surface area contributed by atoms with Crippen LogP contribution in [0.3, 0.4) is 0 Å². The minimum atomic E-state index is 0.669. The molecule has 0 fully saturated rings. The van der Waals surface area contributed by atoms with Crippen molar-refractivity contribution in [3.8, 4) is 0 Å². The molecule has 98 valence electrons. The molecule has 2 aromatic heterocycles. The Hall–Kier alpha value is -1.72. The Kier molecular flexibility index (Phi) is 4.87. The Morgan fingerprint density at radius 2 is 1.94 bits per heavy atom. The summed E-state index contributed by atoms with van der Waals surface area (Å²) in [5, 5.41) is 14.7. The molecule has 1 N–H and O–H groups in total. The minimum Gasteiger partial charge on any atom is -0.369 e. The molecule has 0 aliphatic carbocycles. The first-order valence-electron chi connectivity index (χ1n) is 6.68. The van der Waals surface area contributed by atoms with Crippen LogP contribution in [0.15, 0.2) is 12.4 Å². The summed E-state index contributed by atoms with van der Waals surface area (Å²) in [6.45, 7) is 3.17. The molecule has 0 atom stereocenters. The monoisotopic (exact) mass is 248 g/mol. The predicted molar refractivity (Wildman–Crippen MR) is 70.4 cm³/mol. The zero-order valence-corrected chi connectivity index (χ0v) is 10.8. The van der Waals surface area contributed by atoms with Gasteiger partial charge in [0.05, 0.1) is 12.4 Å². The molecule has 18 heavy (non-hydrogen) atoms. The van der Waals surface area contributed by atoms with Crippen LogP contribution in [-0.2, 0) is 0 Å². The number of nitrogens with zero attached hydrogens (tertiary/aromatic N) is 5. The van der Waals surface area contributed by atoms with Crippen molar-refractivity contribution in [2.45, 2.75) is 45.4 Å². The summed E-state index contributed by atoms with van der Waals surface area (Å²) in [5.41, 5.74) is 0.669. The SMILES string of the molecule is CCCCCCCCNc1cncc2nnnn12. The van der Waals surface area contributed by atoms with E-state index in [0.29, 0.717) is 5.65 Å². The molecule has 0 unspecified atom stereocenters. The van der Waals surface area contributed by atoms with Crippen molar-refractivity contribution in [3.05, 3.63) is 12.4 Å². The summed E-state index contributed by atoms with van der Waals surface area (Å²) in [4.78, 5) is 4.10. The van der Waals surface area contributed by atoms with E-state index in [1.54, 1.807) is 16.9 Å². The number of aromatic nitrogens is 5. The van der Waals surface area contributed by atoms with Crippen LogP contribution in [0.2, 0.25) is 0 Å². The predicted octanol–water partition coefficient (Wildman–Crippen LogP) is 2.29. The first kappa shape index (κ1) is 12.7. The van der Waals surface area contributed by atoms with Crippen molar-refractivity contribution in [1.29, 1.82) is 0 Å². The maximum absolute atomic E-state index is 4.10. The normalized spacial score (nSPS) is 10.9. The van der Waals surface area contributed by atoms with Crippen molar-refractivity contribution >= 4 is 11.5 Å². The smallest absolute Gasteiger partial charge is 0.199 e. The van der Waals surface area contributed by atoms with Gasteiger partial charge in [-0.2, -0.15) is 4.52 Å². The molecule has 0 saturated heterocycles. The van der Waals surface area contributed by atoms with Gasteiger partial charge in [0.1, 0.15) is 5.82 Å². The maximum Gasteiger partial charge on any atom is 0.199 e. The van der Waals surface area contributed by atoms with Crippen molar-refractivity contribution in [1.82, 2.24) is 25.0 Å². The van der Waals surface area contributed by atoms with Crippen LogP contribution < -0.4 is 5.32 Å². The number of anilines is 1. The van der Waals surface area contributed by atoms with Crippen LogP contribution in [0.1, 0.15) is 45.4 Å². The Morgan fingerprint density at radius 3 is 2.83 bits per heavy atom. The molecule has 2 rings (SSSR count). The Balaban J connectivity index is 1.72. The Morgan fingerprint density at radius 1 is 1.11 bits per heavy atom. The van der Waals surface area contributed by atoms with Gasteiger partial charge in [-0.3, -0.25) is 4.98 Å². The molecule has 2 heterocycles. The van der Waals surface area contributed by atoms with E-state index in [1.165, 1.54) is 38.5 Å². The van der Waals surface area contributed by atoms with Crippen molar-refractivity contribution < 1.29 is 0 Å². The van der Waals surface area contributed by atoms with E-state index >= 15 is 0 Å². The molecule has 0 aromatic carbocycles. The zero-order valence-electron chi connectivity index (χ0n) is 10.8. The van der Waals surface area contributed by atoms with Crippen LogP contribution in [-0.4, -0.2) is 31.6 Å². The fourth-order valence-electron chi connectivity index (χ4n) is 1.92. The van der Waals surface area contributed by atoms with Crippen LogP contribution in [0, 0.1) is 0 Å². The average Bonchev–Trinajstić information content (AvgIpc) is 2.86. The van der Waals surface area contributed by atoms with Gasteiger partial charge in [0.15, 0.2) is 5.65 Å². The molecule has 0 aliphatic heterocycles. The summed E-state index contributed by atoms with van der Waals surface area (Å²) >= 11 is 0. The van der Waals surface area contributed by atoms with E-state index < -0.39 is 0 Å². The molecule has 0 amide bonds. The summed E-state index contributed by atoms with van der Waals surface area (Å²) in [6.07, 6.45) is 11.2. The van der Waals surface area contributed by atoms with Gasteiger partial charge in [-0.1, -0.05) is 39.0 Å². The van der Waals surface area contributed by atoms with E-state index in [4.69, 9.17) is 0 Å². The highest BCUT2D eigenvalue weighted by atomic mass is 15.5. The highest BCUT2D eigenvalue weighted by molar-refractivity contribution is 5.43. The van der Waals surface area contributed by atoms with Crippen LogP contribution in [0.5, 0.6) is 0 Å². The molecule has 0 radical (unpaired) electrons. The van der Waals surface area contributed by atoms with E-state index in [1.807, 2.05) is 0 Å². The largest absolute Gasteiger partial charge is 0.369 e. The number of unbranched alkanes of at least 4 members (excludes halogenated alkanes) is 5.